The average molecular weight is 238 g/mol. The zero-order valence-corrected chi connectivity index (χ0v) is 11.1. The van der Waals surface area contributed by atoms with Crippen molar-refractivity contribution in [3.8, 4) is 0 Å². The summed E-state index contributed by atoms with van der Waals surface area (Å²) in [5.74, 6) is 0. The summed E-state index contributed by atoms with van der Waals surface area (Å²) in [7, 11) is 4.31. The van der Waals surface area contributed by atoms with Gasteiger partial charge in [-0.1, -0.05) is 6.07 Å². The van der Waals surface area contributed by atoms with E-state index >= 15 is 0 Å². The summed E-state index contributed by atoms with van der Waals surface area (Å²) in [5.41, 5.74) is 0.383. The van der Waals surface area contributed by atoms with E-state index in [1.807, 2.05) is 11.3 Å². The number of likely N-dealkylation sites (N-methyl/N-ethyl adjacent to an activating group) is 1. The molecular formula is C13H22N2S. The van der Waals surface area contributed by atoms with Gasteiger partial charge in [-0.15, -0.1) is 11.3 Å². The molecular weight excluding hydrogens is 216 g/mol. The second-order valence-corrected chi connectivity index (χ2v) is 5.89. The van der Waals surface area contributed by atoms with E-state index in [2.05, 4.69) is 41.8 Å². The van der Waals surface area contributed by atoms with Crippen molar-refractivity contribution >= 4 is 11.3 Å². The summed E-state index contributed by atoms with van der Waals surface area (Å²) in [6, 6.07) is 4.50. The molecule has 1 aromatic rings. The van der Waals surface area contributed by atoms with Gasteiger partial charge in [0.25, 0.3) is 0 Å². The maximum Gasteiger partial charge on any atom is 0.0184 e. The molecule has 0 bridgehead atoms. The molecule has 1 saturated heterocycles. The summed E-state index contributed by atoms with van der Waals surface area (Å²) in [5, 5.41) is 5.61. The minimum atomic E-state index is 0.383. The van der Waals surface area contributed by atoms with Crippen LogP contribution in [0.1, 0.15) is 24.1 Å². The predicted molar refractivity (Wildman–Crippen MR) is 71.3 cm³/mol. The standard InChI is InChI=1S/C13H22N2S/c1-14-11-13(12-5-3-10-16-12)6-4-8-15(2)9-7-13/h3,5,10,14H,4,6-9,11H2,1-2H3. The van der Waals surface area contributed by atoms with Crippen molar-refractivity contribution in [2.75, 3.05) is 33.7 Å². The van der Waals surface area contributed by atoms with Gasteiger partial charge in [-0.2, -0.15) is 0 Å². The van der Waals surface area contributed by atoms with Gasteiger partial charge in [0.2, 0.25) is 0 Å². The average Bonchev–Trinajstić information content (AvgIpc) is 2.74. The van der Waals surface area contributed by atoms with Crippen LogP contribution in [-0.4, -0.2) is 38.6 Å². The monoisotopic (exact) mass is 238 g/mol. The van der Waals surface area contributed by atoms with Gasteiger partial charge in [0.15, 0.2) is 0 Å². The molecule has 1 N–H and O–H groups in total. The van der Waals surface area contributed by atoms with Gasteiger partial charge in [-0.05, 0) is 57.9 Å². The first kappa shape index (κ1) is 12.1. The molecule has 90 valence electrons. The Morgan fingerprint density at radius 3 is 3.00 bits per heavy atom. The second kappa shape index (κ2) is 5.30. The van der Waals surface area contributed by atoms with Crippen LogP contribution in [0.5, 0.6) is 0 Å². The second-order valence-electron chi connectivity index (χ2n) is 4.94. The molecule has 2 heterocycles. The summed E-state index contributed by atoms with van der Waals surface area (Å²) >= 11 is 1.92. The molecule has 0 aliphatic carbocycles. The van der Waals surface area contributed by atoms with Crippen LogP contribution in [0, 0.1) is 0 Å². The van der Waals surface area contributed by atoms with Crippen LogP contribution in [0.2, 0.25) is 0 Å². The van der Waals surface area contributed by atoms with E-state index in [0.29, 0.717) is 5.41 Å². The molecule has 0 radical (unpaired) electrons. The topological polar surface area (TPSA) is 15.3 Å². The lowest BCUT2D eigenvalue weighted by Crippen LogP contribution is -2.37. The third kappa shape index (κ3) is 2.47. The van der Waals surface area contributed by atoms with Gasteiger partial charge in [0, 0.05) is 16.8 Å². The molecule has 16 heavy (non-hydrogen) atoms. The zero-order chi connectivity index (χ0) is 11.4. The van der Waals surface area contributed by atoms with Gasteiger partial charge < -0.3 is 10.2 Å². The number of thiophene rings is 1. The van der Waals surface area contributed by atoms with Crippen LogP contribution >= 0.6 is 11.3 Å². The van der Waals surface area contributed by atoms with Crippen molar-refractivity contribution in [1.82, 2.24) is 10.2 Å². The highest BCUT2D eigenvalue weighted by Crippen LogP contribution is 2.37. The highest BCUT2D eigenvalue weighted by atomic mass is 32.1. The van der Waals surface area contributed by atoms with Crippen LogP contribution in [0.3, 0.4) is 0 Å². The van der Waals surface area contributed by atoms with Gasteiger partial charge in [-0.3, -0.25) is 0 Å². The summed E-state index contributed by atoms with van der Waals surface area (Å²) < 4.78 is 0. The predicted octanol–water partition coefficient (Wildman–Crippen LogP) is 2.32. The molecule has 0 spiro atoms. The number of hydrogen-bond donors (Lipinski definition) is 1. The van der Waals surface area contributed by atoms with Gasteiger partial charge in [-0.25, -0.2) is 0 Å². The lowest BCUT2D eigenvalue weighted by atomic mass is 9.79. The lowest BCUT2D eigenvalue weighted by Gasteiger charge is -2.31. The Labute approximate surface area is 103 Å². The highest BCUT2D eigenvalue weighted by Gasteiger charge is 2.33. The molecule has 1 atom stereocenters. The Bertz CT molecular complexity index is 310. The fourth-order valence-corrected chi connectivity index (χ4v) is 3.75. The van der Waals surface area contributed by atoms with Crippen molar-refractivity contribution in [3.63, 3.8) is 0 Å². The van der Waals surface area contributed by atoms with E-state index in [0.717, 1.165) is 6.54 Å². The Morgan fingerprint density at radius 1 is 1.44 bits per heavy atom. The van der Waals surface area contributed by atoms with Gasteiger partial charge in [0.1, 0.15) is 0 Å². The number of nitrogens with zero attached hydrogens (tertiary/aromatic N) is 1. The van der Waals surface area contributed by atoms with Crippen molar-refractivity contribution in [2.45, 2.75) is 24.7 Å². The van der Waals surface area contributed by atoms with Crippen LogP contribution in [-0.2, 0) is 5.41 Å². The Hall–Kier alpha value is -0.380. The van der Waals surface area contributed by atoms with Gasteiger partial charge in [0.05, 0.1) is 0 Å². The van der Waals surface area contributed by atoms with Crippen LogP contribution < -0.4 is 5.32 Å². The highest BCUT2D eigenvalue weighted by molar-refractivity contribution is 7.10. The largest absolute Gasteiger partial charge is 0.319 e. The molecule has 1 aliphatic heterocycles. The molecule has 2 nitrogen and oxygen atoms in total. The molecule has 1 unspecified atom stereocenters. The van der Waals surface area contributed by atoms with Crippen LogP contribution in [0.25, 0.3) is 0 Å². The first-order valence-corrected chi connectivity index (χ1v) is 7.02. The molecule has 1 fully saturated rings. The third-order valence-corrected chi connectivity index (χ3v) is 4.84. The first-order chi connectivity index (χ1) is 7.77. The molecule has 0 amide bonds. The number of rotatable bonds is 3. The minimum Gasteiger partial charge on any atom is -0.319 e. The Kier molecular flexibility index (Phi) is 4.00. The number of likely N-dealkylation sites (tertiary alicyclic amines) is 1. The van der Waals surface area contributed by atoms with Gasteiger partial charge >= 0.3 is 0 Å². The summed E-state index contributed by atoms with van der Waals surface area (Å²) in [6.07, 6.45) is 3.92. The maximum absolute atomic E-state index is 3.40. The van der Waals surface area contributed by atoms with E-state index in [9.17, 15) is 0 Å². The maximum atomic E-state index is 3.40. The van der Waals surface area contributed by atoms with Crippen LogP contribution in [0.15, 0.2) is 17.5 Å². The van der Waals surface area contributed by atoms with E-state index < -0.39 is 0 Å². The van der Waals surface area contributed by atoms with Crippen molar-refractivity contribution in [2.24, 2.45) is 0 Å². The quantitative estimate of drug-likeness (QED) is 0.869. The minimum absolute atomic E-state index is 0.383. The van der Waals surface area contributed by atoms with Crippen LogP contribution in [0.4, 0.5) is 0 Å². The lowest BCUT2D eigenvalue weighted by molar-refractivity contribution is 0.324. The molecule has 2 rings (SSSR count). The van der Waals surface area contributed by atoms with E-state index in [4.69, 9.17) is 0 Å². The summed E-state index contributed by atoms with van der Waals surface area (Å²) in [6.45, 7) is 3.58. The fraction of sp³-hybridized carbons (Fsp3) is 0.692. The Balaban J connectivity index is 2.20. The first-order valence-electron chi connectivity index (χ1n) is 6.14. The smallest absolute Gasteiger partial charge is 0.0184 e. The Morgan fingerprint density at radius 2 is 2.31 bits per heavy atom. The molecule has 0 aromatic carbocycles. The van der Waals surface area contributed by atoms with E-state index in [1.165, 1.54) is 32.4 Å². The molecule has 1 aliphatic rings. The summed E-state index contributed by atoms with van der Waals surface area (Å²) in [4.78, 5) is 4.03. The molecule has 3 heteroatoms. The van der Waals surface area contributed by atoms with Crippen molar-refractivity contribution in [1.29, 1.82) is 0 Å². The van der Waals surface area contributed by atoms with E-state index in [-0.39, 0.29) is 0 Å². The SMILES string of the molecule is CNCC1(c2cccs2)CCCN(C)CC1. The molecule has 1 aromatic heterocycles. The fourth-order valence-electron chi connectivity index (χ4n) is 2.76. The number of nitrogens with one attached hydrogen (secondary N) is 1. The van der Waals surface area contributed by atoms with E-state index in [1.54, 1.807) is 4.88 Å². The molecule has 0 saturated carbocycles. The van der Waals surface area contributed by atoms with Crippen molar-refractivity contribution < 1.29 is 0 Å². The normalized spacial score (nSPS) is 27.9. The zero-order valence-electron chi connectivity index (χ0n) is 10.3. The van der Waals surface area contributed by atoms with Crippen molar-refractivity contribution in [3.05, 3.63) is 22.4 Å². The third-order valence-electron chi connectivity index (χ3n) is 3.73. The number of hydrogen-bond acceptors (Lipinski definition) is 3.